The molecule has 1 aromatic rings. The molecule has 0 radical (unpaired) electrons. The van der Waals surface area contributed by atoms with Gasteiger partial charge in [0.05, 0.1) is 5.30 Å². The topological polar surface area (TPSA) is 26.3 Å². The molecule has 21 heavy (non-hydrogen) atoms. The fourth-order valence-corrected chi connectivity index (χ4v) is 5.56. The third-order valence-electron chi connectivity index (χ3n) is 4.77. The molecule has 0 spiro atoms. The first-order chi connectivity index (χ1) is 10.0. The van der Waals surface area contributed by atoms with E-state index in [1.807, 2.05) is 25.1 Å². The van der Waals surface area contributed by atoms with E-state index >= 15 is 0 Å². The molecule has 0 amide bonds. The molecule has 0 fully saturated rings. The van der Waals surface area contributed by atoms with Crippen LogP contribution in [0.1, 0.15) is 39.7 Å². The number of rotatable bonds is 2. The lowest BCUT2D eigenvalue weighted by atomic mass is 9.79. The molecule has 0 aromatic heterocycles. The molecule has 3 atom stereocenters. The average Bonchev–Trinajstić information content (AvgIpc) is 2.50. The molecule has 1 heterocycles. The van der Waals surface area contributed by atoms with Crippen molar-refractivity contribution in [3.8, 4) is 0 Å². The molecule has 1 aromatic carbocycles. The number of allylic oxidation sites excluding steroid dienone is 3. The SMILES string of the molecule is CCC1=CC(C)C2=C(OP(=O)(CC)c3ccccc32)C1C. The van der Waals surface area contributed by atoms with E-state index in [4.69, 9.17) is 4.52 Å². The first-order valence-corrected chi connectivity index (χ1v) is 9.66. The number of hydrogen-bond donors (Lipinski definition) is 0. The van der Waals surface area contributed by atoms with E-state index < -0.39 is 7.37 Å². The summed E-state index contributed by atoms with van der Waals surface area (Å²) >= 11 is 0. The summed E-state index contributed by atoms with van der Waals surface area (Å²) in [7, 11) is -2.76. The molecule has 0 saturated carbocycles. The lowest BCUT2D eigenvalue weighted by molar-refractivity contribution is 0.363. The van der Waals surface area contributed by atoms with Crippen molar-refractivity contribution in [3.63, 3.8) is 0 Å². The smallest absolute Gasteiger partial charge is 0.277 e. The molecule has 1 aliphatic carbocycles. The van der Waals surface area contributed by atoms with Crippen LogP contribution >= 0.6 is 7.37 Å². The number of fused-ring (bicyclic) bond motifs is 2. The second kappa shape index (κ2) is 5.18. The van der Waals surface area contributed by atoms with Gasteiger partial charge in [0.1, 0.15) is 5.76 Å². The Balaban J connectivity index is 2.23. The summed E-state index contributed by atoms with van der Waals surface area (Å²) in [5.74, 6) is 1.50. The molecule has 2 aliphatic rings. The van der Waals surface area contributed by atoms with E-state index in [0.29, 0.717) is 12.1 Å². The van der Waals surface area contributed by atoms with E-state index in [1.54, 1.807) is 0 Å². The van der Waals surface area contributed by atoms with Crippen molar-refractivity contribution >= 4 is 18.2 Å². The van der Waals surface area contributed by atoms with Crippen LogP contribution in [0.15, 0.2) is 41.7 Å². The van der Waals surface area contributed by atoms with E-state index in [-0.39, 0.29) is 5.92 Å². The van der Waals surface area contributed by atoms with Gasteiger partial charge in [0, 0.05) is 23.6 Å². The van der Waals surface area contributed by atoms with Crippen LogP contribution in [-0.4, -0.2) is 6.16 Å². The first-order valence-electron chi connectivity index (χ1n) is 7.85. The minimum absolute atomic E-state index is 0.231. The first kappa shape index (κ1) is 14.7. The fourth-order valence-electron chi connectivity index (χ4n) is 3.55. The third-order valence-corrected chi connectivity index (χ3v) is 7.21. The Labute approximate surface area is 127 Å². The number of benzene rings is 1. The van der Waals surface area contributed by atoms with Gasteiger partial charge in [-0.1, -0.05) is 57.5 Å². The average molecular weight is 302 g/mol. The molecule has 1 aliphatic heterocycles. The van der Waals surface area contributed by atoms with Gasteiger partial charge in [-0.05, 0) is 18.1 Å². The van der Waals surface area contributed by atoms with Crippen LogP contribution in [0, 0.1) is 11.8 Å². The zero-order chi connectivity index (χ0) is 15.2. The van der Waals surface area contributed by atoms with Gasteiger partial charge < -0.3 is 4.52 Å². The van der Waals surface area contributed by atoms with Crippen molar-refractivity contribution in [1.82, 2.24) is 0 Å². The Hall–Kier alpha value is -1.27. The molecule has 3 heteroatoms. The van der Waals surface area contributed by atoms with Gasteiger partial charge in [-0.2, -0.15) is 0 Å². The molecule has 0 saturated heterocycles. The van der Waals surface area contributed by atoms with Crippen molar-refractivity contribution in [2.24, 2.45) is 11.8 Å². The predicted molar refractivity (Wildman–Crippen MR) is 88.9 cm³/mol. The maximum Gasteiger partial charge on any atom is 0.277 e. The molecule has 2 nitrogen and oxygen atoms in total. The summed E-state index contributed by atoms with van der Waals surface area (Å²) in [6.07, 6.45) is 3.92. The van der Waals surface area contributed by atoms with E-state index in [9.17, 15) is 4.57 Å². The van der Waals surface area contributed by atoms with Crippen LogP contribution in [0.3, 0.4) is 0 Å². The van der Waals surface area contributed by atoms with Gasteiger partial charge in [-0.3, -0.25) is 4.57 Å². The highest BCUT2D eigenvalue weighted by Gasteiger charge is 2.40. The van der Waals surface area contributed by atoms with Crippen molar-refractivity contribution in [1.29, 1.82) is 0 Å². The fraction of sp³-hybridized carbons (Fsp3) is 0.444. The van der Waals surface area contributed by atoms with E-state index in [2.05, 4.69) is 32.9 Å². The van der Waals surface area contributed by atoms with Gasteiger partial charge in [-0.25, -0.2) is 0 Å². The Kier molecular flexibility index (Phi) is 3.61. The van der Waals surface area contributed by atoms with Crippen LogP contribution in [-0.2, 0) is 9.09 Å². The van der Waals surface area contributed by atoms with Crippen molar-refractivity contribution < 1.29 is 9.09 Å². The number of hydrogen-bond acceptors (Lipinski definition) is 2. The summed E-state index contributed by atoms with van der Waals surface area (Å²) in [6, 6.07) is 8.06. The monoisotopic (exact) mass is 302 g/mol. The lowest BCUT2D eigenvalue weighted by Crippen LogP contribution is -2.27. The summed E-state index contributed by atoms with van der Waals surface area (Å²) in [5.41, 5.74) is 3.76. The van der Waals surface area contributed by atoms with Crippen LogP contribution in [0.4, 0.5) is 0 Å². The summed E-state index contributed by atoms with van der Waals surface area (Å²) in [4.78, 5) is 0. The zero-order valence-corrected chi connectivity index (χ0v) is 14.1. The Morgan fingerprint density at radius 1 is 1.19 bits per heavy atom. The second-order valence-electron chi connectivity index (χ2n) is 5.98. The highest BCUT2D eigenvalue weighted by molar-refractivity contribution is 7.67. The molecule has 3 rings (SSSR count). The Morgan fingerprint density at radius 3 is 2.57 bits per heavy atom. The highest BCUT2D eigenvalue weighted by Crippen LogP contribution is 2.57. The predicted octanol–water partition coefficient (Wildman–Crippen LogP) is 4.97. The molecule has 3 unspecified atom stereocenters. The third kappa shape index (κ3) is 2.12. The standard InChI is InChI=1S/C18H23O2P/c1-5-14-11-12(3)17-15-9-7-8-10-16(15)21(19,6-2)20-18(17)13(14)4/h7-13H,5-6H2,1-4H3. The molecule has 0 bridgehead atoms. The van der Waals surface area contributed by atoms with Crippen LogP contribution < -0.4 is 5.30 Å². The molecular formula is C18H23O2P. The van der Waals surface area contributed by atoms with Gasteiger partial charge in [0.25, 0.3) is 7.37 Å². The van der Waals surface area contributed by atoms with Crippen molar-refractivity contribution in [2.75, 3.05) is 6.16 Å². The van der Waals surface area contributed by atoms with Gasteiger partial charge in [0.2, 0.25) is 0 Å². The summed E-state index contributed by atoms with van der Waals surface area (Å²) in [5, 5.41) is 0.902. The molecular weight excluding hydrogens is 279 g/mol. The van der Waals surface area contributed by atoms with E-state index in [1.165, 1.54) is 11.1 Å². The Bertz CT molecular complexity index is 684. The molecule has 0 N–H and O–H groups in total. The zero-order valence-electron chi connectivity index (χ0n) is 13.2. The minimum Gasteiger partial charge on any atom is -0.443 e. The minimum atomic E-state index is -2.76. The van der Waals surface area contributed by atoms with Crippen LogP contribution in [0.5, 0.6) is 0 Å². The lowest BCUT2D eigenvalue weighted by Gasteiger charge is -2.37. The van der Waals surface area contributed by atoms with Gasteiger partial charge >= 0.3 is 0 Å². The quantitative estimate of drug-likeness (QED) is 0.569. The Morgan fingerprint density at radius 2 is 1.90 bits per heavy atom. The van der Waals surface area contributed by atoms with Crippen molar-refractivity contribution in [2.45, 2.75) is 34.1 Å². The summed E-state index contributed by atoms with van der Waals surface area (Å²) < 4.78 is 19.4. The highest BCUT2D eigenvalue weighted by atomic mass is 31.2. The van der Waals surface area contributed by atoms with Gasteiger partial charge in [0.15, 0.2) is 0 Å². The van der Waals surface area contributed by atoms with Crippen molar-refractivity contribution in [3.05, 3.63) is 47.2 Å². The maximum absolute atomic E-state index is 13.3. The van der Waals surface area contributed by atoms with Crippen LogP contribution in [0.2, 0.25) is 0 Å². The van der Waals surface area contributed by atoms with Crippen LogP contribution in [0.25, 0.3) is 5.57 Å². The maximum atomic E-state index is 13.3. The largest absolute Gasteiger partial charge is 0.443 e. The molecule has 112 valence electrons. The van der Waals surface area contributed by atoms with Gasteiger partial charge in [-0.15, -0.1) is 0 Å². The summed E-state index contributed by atoms with van der Waals surface area (Å²) in [6.45, 7) is 8.51. The second-order valence-corrected chi connectivity index (χ2v) is 8.63. The normalized spacial score (nSPS) is 31.1. The van der Waals surface area contributed by atoms with E-state index in [0.717, 1.165) is 23.0 Å².